The van der Waals surface area contributed by atoms with Gasteiger partial charge in [0.1, 0.15) is 5.52 Å². The lowest BCUT2D eigenvalue weighted by molar-refractivity contribution is 0.620. The maximum atomic E-state index is 6.12. The van der Waals surface area contributed by atoms with E-state index in [0.717, 1.165) is 34.3 Å². The average molecular weight is 617 g/mol. The summed E-state index contributed by atoms with van der Waals surface area (Å²) in [6, 6.07) is 58.4. The Bertz CT molecular complexity index is 2530. The topological polar surface area (TPSA) is 31.0 Å². The lowest BCUT2D eigenvalue weighted by atomic mass is 9.89. The highest BCUT2D eigenvalue weighted by atomic mass is 16.3. The third-order valence-electron chi connectivity index (χ3n) is 9.46. The molecule has 0 fully saturated rings. The fourth-order valence-electron chi connectivity index (χ4n) is 7.04. The van der Waals surface area contributed by atoms with E-state index in [1.807, 2.05) is 6.07 Å². The van der Waals surface area contributed by atoms with Crippen LogP contribution < -0.4 is 0 Å². The number of benzene rings is 7. The summed E-state index contributed by atoms with van der Waals surface area (Å²) in [5.41, 5.74) is 14.6. The van der Waals surface area contributed by atoms with Crippen LogP contribution in [0.15, 0.2) is 168 Å². The summed E-state index contributed by atoms with van der Waals surface area (Å²) in [6.07, 6.45) is 0.976. The first kappa shape index (κ1) is 28.1. The number of hydrogen-bond donors (Lipinski definition) is 0. The molecule has 0 saturated heterocycles. The summed E-state index contributed by atoms with van der Waals surface area (Å²) >= 11 is 0. The van der Waals surface area contributed by atoms with E-state index in [0.29, 0.717) is 5.89 Å². The zero-order chi connectivity index (χ0) is 32.0. The number of nitrogens with zero attached hydrogens (tertiary/aromatic N) is 2. The number of aryl methyl sites for hydroxylation is 1. The number of para-hydroxylation sites is 2. The van der Waals surface area contributed by atoms with Gasteiger partial charge in [0.15, 0.2) is 5.58 Å². The molecule has 9 rings (SSSR count). The minimum absolute atomic E-state index is 0.646. The number of rotatable bonds is 6. The lowest BCUT2D eigenvalue weighted by Crippen LogP contribution is -1.94. The fraction of sp³-hybridized carbons (Fsp3) is 0.0444. The molecule has 2 aromatic heterocycles. The van der Waals surface area contributed by atoms with Gasteiger partial charge in [0.2, 0.25) is 5.89 Å². The second kappa shape index (κ2) is 11.6. The van der Waals surface area contributed by atoms with Gasteiger partial charge in [-0.3, -0.25) is 0 Å². The predicted molar refractivity (Wildman–Crippen MR) is 199 cm³/mol. The number of fused-ring (bicyclic) bond motifs is 4. The molecule has 48 heavy (non-hydrogen) atoms. The van der Waals surface area contributed by atoms with Gasteiger partial charge in [-0.1, -0.05) is 122 Å². The summed E-state index contributed by atoms with van der Waals surface area (Å²) in [7, 11) is 0. The maximum Gasteiger partial charge on any atom is 0.227 e. The zero-order valence-electron chi connectivity index (χ0n) is 26.6. The molecular formula is C45H32N2O. The molecule has 0 bridgehead atoms. The van der Waals surface area contributed by atoms with Gasteiger partial charge in [0, 0.05) is 22.0 Å². The highest BCUT2D eigenvalue weighted by Gasteiger charge is 2.15. The molecule has 9 aromatic rings. The van der Waals surface area contributed by atoms with Crippen molar-refractivity contribution in [1.29, 1.82) is 0 Å². The summed E-state index contributed by atoms with van der Waals surface area (Å²) < 4.78 is 8.48. The fourth-order valence-corrected chi connectivity index (χ4v) is 7.04. The van der Waals surface area contributed by atoms with E-state index in [1.165, 1.54) is 55.2 Å². The molecule has 2 heterocycles. The Hall–Kier alpha value is -6.19. The molecule has 0 aliphatic heterocycles. The largest absolute Gasteiger partial charge is 0.436 e. The quantitative estimate of drug-likeness (QED) is 0.186. The SMILES string of the molecule is CCc1ccc2oc(-c3ccc(-c4ccccc4-c4ccccc4-c4ccc(-n5c6ccccc6c6ccccc65)cc4)cc3)nc2c1. The highest BCUT2D eigenvalue weighted by molar-refractivity contribution is 6.09. The van der Waals surface area contributed by atoms with E-state index in [1.54, 1.807) is 0 Å². The van der Waals surface area contributed by atoms with Crippen molar-refractivity contribution in [3.05, 3.63) is 169 Å². The van der Waals surface area contributed by atoms with Crippen molar-refractivity contribution in [2.75, 3.05) is 0 Å². The molecule has 3 nitrogen and oxygen atoms in total. The van der Waals surface area contributed by atoms with E-state index in [9.17, 15) is 0 Å². The minimum atomic E-state index is 0.646. The lowest BCUT2D eigenvalue weighted by Gasteiger charge is -2.15. The van der Waals surface area contributed by atoms with E-state index in [4.69, 9.17) is 9.40 Å². The van der Waals surface area contributed by atoms with Crippen LogP contribution in [0.5, 0.6) is 0 Å². The van der Waals surface area contributed by atoms with Crippen LogP contribution in [0.1, 0.15) is 12.5 Å². The summed E-state index contributed by atoms with van der Waals surface area (Å²) in [4.78, 5) is 4.79. The summed E-state index contributed by atoms with van der Waals surface area (Å²) in [6.45, 7) is 2.15. The molecule has 0 aliphatic rings. The van der Waals surface area contributed by atoms with Crippen LogP contribution in [-0.2, 0) is 6.42 Å². The van der Waals surface area contributed by atoms with Gasteiger partial charge in [0.25, 0.3) is 0 Å². The Kier molecular flexibility index (Phi) is 6.76. The molecule has 0 spiro atoms. The Labute approximate surface area is 279 Å². The van der Waals surface area contributed by atoms with Gasteiger partial charge >= 0.3 is 0 Å². The summed E-state index contributed by atoms with van der Waals surface area (Å²) in [5, 5.41) is 2.54. The van der Waals surface area contributed by atoms with Gasteiger partial charge in [-0.05, 0) is 93.9 Å². The van der Waals surface area contributed by atoms with Gasteiger partial charge < -0.3 is 8.98 Å². The average Bonchev–Trinajstić information content (AvgIpc) is 3.74. The Balaban J connectivity index is 1.08. The minimum Gasteiger partial charge on any atom is -0.436 e. The first-order valence-corrected chi connectivity index (χ1v) is 16.5. The van der Waals surface area contributed by atoms with Crippen LogP contribution in [0, 0.1) is 0 Å². The van der Waals surface area contributed by atoms with Crippen LogP contribution in [0.3, 0.4) is 0 Å². The van der Waals surface area contributed by atoms with Crippen LogP contribution in [0.2, 0.25) is 0 Å². The zero-order valence-corrected chi connectivity index (χ0v) is 26.6. The molecule has 0 N–H and O–H groups in total. The molecule has 228 valence electrons. The van der Waals surface area contributed by atoms with Gasteiger partial charge in [0.05, 0.1) is 11.0 Å². The van der Waals surface area contributed by atoms with Gasteiger partial charge in [-0.2, -0.15) is 0 Å². The van der Waals surface area contributed by atoms with Crippen molar-refractivity contribution in [2.24, 2.45) is 0 Å². The molecule has 0 aliphatic carbocycles. The summed E-state index contributed by atoms with van der Waals surface area (Å²) in [5.74, 6) is 0.646. The number of oxazole rings is 1. The van der Waals surface area contributed by atoms with Crippen molar-refractivity contribution in [3.8, 4) is 50.5 Å². The van der Waals surface area contributed by atoms with Crippen molar-refractivity contribution < 1.29 is 4.42 Å². The second-order valence-electron chi connectivity index (χ2n) is 12.3. The van der Waals surface area contributed by atoms with Crippen LogP contribution >= 0.6 is 0 Å². The first-order valence-electron chi connectivity index (χ1n) is 16.5. The normalized spacial score (nSPS) is 11.5. The van der Waals surface area contributed by atoms with Crippen LogP contribution in [-0.4, -0.2) is 9.55 Å². The van der Waals surface area contributed by atoms with Gasteiger partial charge in [-0.25, -0.2) is 4.98 Å². The molecule has 0 amide bonds. The number of aromatic nitrogens is 2. The smallest absolute Gasteiger partial charge is 0.227 e. The Morgan fingerprint density at radius 3 is 1.58 bits per heavy atom. The van der Waals surface area contributed by atoms with E-state index >= 15 is 0 Å². The molecule has 7 aromatic carbocycles. The monoisotopic (exact) mass is 616 g/mol. The predicted octanol–water partition coefficient (Wildman–Crippen LogP) is 12.2. The van der Waals surface area contributed by atoms with Crippen LogP contribution in [0.4, 0.5) is 0 Å². The Morgan fingerprint density at radius 1 is 0.500 bits per heavy atom. The van der Waals surface area contributed by atoms with Crippen molar-refractivity contribution >= 4 is 32.9 Å². The molecule has 0 atom stereocenters. The van der Waals surface area contributed by atoms with Crippen molar-refractivity contribution in [1.82, 2.24) is 9.55 Å². The molecule has 0 radical (unpaired) electrons. The first-order chi connectivity index (χ1) is 23.7. The van der Waals surface area contributed by atoms with E-state index < -0.39 is 0 Å². The molecule has 0 saturated carbocycles. The standard InChI is InChI=1S/C45H32N2O/c1-2-30-19-28-44-41(29-30)46-45(48-44)33-22-20-31(21-23-33)35-11-3-5-13-37(35)38-14-6-4-12-36(38)32-24-26-34(27-25-32)47-42-17-9-7-15-39(42)40-16-8-10-18-43(40)47/h3-29H,2H2,1H3. The maximum absolute atomic E-state index is 6.12. The van der Waals surface area contributed by atoms with E-state index in [2.05, 4.69) is 169 Å². The number of hydrogen-bond acceptors (Lipinski definition) is 2. The second-order valence-corrected chi connectivity index (χ2v) is 12.3. The van der Waals surface area contributed by atoms with Crippen LogP contribution in [0.25, 0.3) is 83.4 Å². The van der Waals surface area contributed by atoms with E-state index in [-0.39, 0.29) is 0 Å². The third kappa shape index (κ3) is 4.71. The van der Waals surface area contributed by atoms with Gasteiger partial charge in [-0.15, -0.1) is 0 Å². The third-order valence-corrected chi connectivity index (χ3v) is 9.46. The van der Waals surface area contributed by atoms with Crippen molar-refractivity contribution in [2.45, 2.75) is 13.3 Å². The Morgan fingerprint density at radius 2 is 1.00 bits per heavy atom. The molecule has 0 unspecified atom stereocenters. The highest BCUT2D eigenvalue weighted by Crippen LogP contribution is 2.39. The van der Waals surface area contributed by atoms with Crippen molar-refractivity contribution in [3.63, 3.8) is 0 Å². The molecular weight excluding hydrogens is 585 g/mol. The molecule has 3 heteroatoms.